The van der Waals surface area contributed by atoms with Gasteiger partial charge in [0.15, 0.2) is 12.9 Å². The topological polar surface area (TPSA) is 136 Å². The average molecular weight is 577 g/mol. The number of hydrogen-bond acceptors (Lipinski definition) is 10. The normalized spacial score (nSPS) is 12.6. The fourth-order valence-corrected chi connectivity index (χ4v) is 4.01. The number of ether oxygens (including phenoxy) is 6. The Morgan fingerprint density at radius 2 is 1.71 bits per heavy atom. The van der Waals surface area contributed by atoms with Crippen molar-refractivity contribution in [3.8, 4) is 5.75 Å². The number of nitro groups is 1. The minimum absolute atomic E-state index is 0.00783. The van der Waals surface area contributed by atoms with E-state index in [0.717, 1.165) is 5.56 Å². The molecule has 2 atom stereocenters. The lowest BCUT2D eigenvalue weighted by Crippen LogP contribution is -2.49. The summed E-state index contributed by atoms with van der Waals surface area (Å²) in [6.07, 6.45) is -2.71. The summed E-state index contributed by atoms with van der Waals surface area (Å²) in [6, 6.07) is 11.2. The van der Waals surface area contributed by atoms with Crippen LogP contribution in [0.2, 0.25) is 0 Å². The summed E-state index contributed by atoms with van der Waals surface area (Å²) >= 11 is 0. The maximum atomic E-state index is 13.6. The Hall–Kier alpha value is -3.74. The van der Waals surface area contributed by atoms with Crippen molar-refractivity contribution in [3.05, 3.63) is 69.8 Å². The molecule has 226 valence electrons. The Kier molecular flexibility index (Phi) is 14.0. The highest BCUT2D eigenvalue weighted by molar-refractivity contribution is 5.78. The zero-order chi connectivity index (χ0) is 30.4. The molecule has 12 nitrogen and oxygen atoms in total. The van der Waals surface area contributed by atoms with Gasteiger partial charge in [0, 0.05) is 19.2 Å². The molecule has 0 fully saturated rings. The van der Waals surface area contributed by atoms with Crippen molar-refractivity contribution in [2.24, 2.45) is 0 Å². The third-order valence-electron chi connectivity index (χ3n) is 5.75. The molecule has 0 unspecified atom stereocenters. The summed E-state index contributed by atoms with van der Waals surface area (Å²) in [5.74, 6) is -0.558. The van der Waals surface area contributed by atoms with E-state index in [1.54, 1.807) is 46.8 Å². The highest BCUT2D eigenvalue weighted by atomic mass is 16.7. The first kappa shape index (κ1) is 33.5. The van der Waals surface area contributed by atoms with Crippen LogP contribution in [0.1, 0.15) is 51.8 Å². The zero-order valence-electron chi connectivity index (χ0n) is 24.4. The Balaban J connectivity index is 2.63. The highest BCUT2D eigenvalue weighted by Crippen LogP contribution is 2.38. The summed E-state index contributed by atoms with van der Waals surface area (Å²) in [6.45, 7) is 8.96. The van der Waals surface area contributed by atoms with Gasteiger partial charge in [0.1, 0.15) is 18.4 Å². The van der Waals surface area contributed by atoms with Crippen LogP contribution >= 0.6 is 0 Å². The SMILES string of the molecule is CCOC(=O)[C@H](OC(C)C)[C@H](c1cc(OCOCCOC)ccc1[N+](=O)[O-])N(C(=O)OCc1ccccc1)C(C)C. The molecule has 41 heavy (non-hydrogen) atoms. The molecule has 0 bridgehead atoms. The van der Waals surface area contributed by atoms with Crippen molar-refractivity contribution in [2.45, 2.75) is 65.5 Å². The van der Waals surface area contributed by atoms with Crippen molar-refractivity contribution in [2.75, 3.05) is 33.7 Å². The zero-order valence-corrected chi connectivity index (χ0v) is 24.4. The van der Waals surface area contributed by atoms with Gasteiger partial charge in [-0.1, -0.05) is 30.3 Å². The fourth-order valence-electron chi connectivity index (χ4n) is 4.01. The van der Waals surface area contributed by atoms with Crippen LogP contribution in [0.25, 0.3) is 0 Å². The lowest BCUT2D eigenvalue weighted by atomic mass is 9.96. The number of nitro benzene ring substituents is 1. The van der Waals surface area contributed by atoms with Gasteiger partial charge in [0.05, 0.1) is 36.4 Å². The number of benzene rings is 2. The Morgan fingerprint density at radius 1 is 1.00 bits per heavy atom. The van der Waals surface area contributed by atoms with Gasteiger partial charge in [-0.3, -0.25) is 15.0 Å². The largest absolute Gasteiger partial charge is 0.468 e. The third-order valence-corrected chi connectivity index (χ3v) is 5.75. The lowest BCUT2D eigenvalue weighted by molar-refractivity contribution is -0.386. The third kappa shape index (κ3) is 10.3. The number of amides is 1. The van der Waals surface area contributed by atoms with Crippen molar-refractivity contribution in [1.82, 2.24) is 4.90 Å². The molecule has 0 saturated carbocycles. The molecule has 2 aromatic rings. The van der Waals surface area contributed by atoms with E-state index in [1.807, 2.05) is 18.2 Å². The van der Waals surface area contributed by atoms with Gasteiger partial charge in [0.25, 0.3) is 5.69 Å². The summed E-state index contributed by atoms with van der Waals surface area (Å²) in [4.78, 5) is 39.8. The molecule has 0 spiro atoms. The predicted molar refractivity (Wildman–Crippen MR) is 149 cm³/mol. The second-order valence-electron chi connectivity index (χ2n) is 9.48. The smallest absolute Gasteiger partial charge is 0.410 e. The maximum Gasteiger partial charge on any atom is 0.410 e. The summed E-state index contributed by atoms with van der Waals surface area (Å²) < 4.78 is 32.9. The van der Waals surface area contributed by atoms with E-state index in [2.05, 4.69) is 0 Å². The van der Waals surface area contributed by atoms with Crippen molar-refractivity contribution >= 4 is 17.7 Å². The number of hydrogen-bond donors (Lipinski definition) is 0. The number of carbonyl (C=O) groups is 2. The van der Waals surface area contributed by atoms with E-state index in [4.69, 9.17) is 28.4 Å². The maximum absolute atomic E-state index is 13.6. The lowest BCUT2D eigenvalue weighted by Gasteiger charge is -2.38. The average Bonchev–Trinajstić information content (AvgIpc) is 2.93. The van der Waals surface area contributed by atoms with Gasteiger partial charge in [-0.15, -0.1) is 0 Å². The van der Waals surface area contributed by atoms with Gasteiger partial charge in [-0.25, -0.2) is 9.59 Å². The standard InChI is InChI=1S/C29H40N2O10/c1-7-38-28(32)27(41-21(4)5)26(30(20(2)3)29(33)39-18-22-11-9-8-10-12-22)24-17-23(13-14-25(24)31(34)35)40-19-37-16-15-36-6/h8-14,17,20-21,26-27H,7,15-16,18-19H2,1-6H3/t26-,27+/m0/s1. The molecular formula is C29H40N2O10. The molecule has 12 heteroatoms. The molecule has 2 rings (SSSR count). The van der Waals surface area contributed by atoms with E-state index >= 15 is 0 Å². The minimum atomic E-state index is -1.42. The quantitative estimate of drug-likeness (QED) is 0.0828. The Bertz CT molecular complexity index is 1110. The van der Waals surface area contributed by atoms with Gasteiger partial charge < -0.3 is 28.4 Å². The van der Waals surface area contributed by atoms with Crippen LogP contribution in [-0.4, -0.2) is 73.9 Å². The molecule has 2 aromatic carbocycles. The van der Waals surface area contributed by atoms with Crippen LogP contribution < -0.4 is 4.74 Å². The van der Waals surface area contributed by atoms with Crippen LogP contribution in [0.3, 0.4) is 0 Å². The van der Waals surface area contributed by atoms with Crippen LogP contribution in [-0.2, 0) is 35.1 Å². The van der Waals surface area contributed by atoms with Crippen LogP contribution in [0.4, 0.5) is 10.5 Å². The van der Waals surface area contributed by atoms with E-state index < -0.39 is 41.3 Å². The van der Waals surface area contributed by atoms with Crippen LogP contribution in [0.5, 0.6) is 5.75 Å². The molecule has 0 aliphatic heterocycles. The fraction of sp³-hybridized carbons (Fsp3) is 0.517. The molecule has 0 saturated heterocycles. The molecule has 0 aliphatic carbocycles. The molecule has 0 aromatic heterocycles. The molecule has 0 heterocycles. The van der Waals surface area contributed by atoms with Gasteiger partial charge in [0.2, 0.25) is 0 Å². The van der Waals surface area contributed by atoms with Crippen LogP contribution in [0.15, 0.2) is 48.5 Å². The summed E-state index contributed by atoms with van der Waals surface area (Å²) in [5.41, 5.74) is 0.413. The van der Waals surface area contributed by atoms with E-state index in [9.17, 15) is 19.7 Å². The van der Waals surface area contributed by atoms with Gasteiger partial charge >= 0.3 is 12.1 Å². The molecule has 1 amide bonds. The number of methoxy groups -OCH3 is 1. The minimum Gasteiger partial charge on any atom is -0.468 e. The summed E-state index contributed by atoms with van der Waals surface area (Å²) in [5, 5.41) is 12.2. The predicted octanol–water partition coefficient (Wildman–Crippen LogP) is 5.04. The Morgan fingerprint density at radius 3 is 2.29 bits per heavy atom. The number of rotatable bonds is 17. The molecule has 0 N–H and O–H groups in total. The van der Waals surface area contributed by atoms with Crippen molar-refractivity contribution < 1.29 is 42.9 Å². The highest BCUT2D eigenvalue weighted by Gasteiger charge is 2.44. The first-order valence-corrected chi connectivity index (χ1v) is 13.4. The monoisotopic (exact) mass is 576 g/mol. The summed E-state index contributed by atoms with van der Waals surface area (Å²) in [7, 11) is 1.54. The first-order chi connectivity index (χ1) is 19.6. The van der Waals surface area contributed by atoms with E-state index in [0.29, 0.717) is 6.61 Å². The Labute approximate surface area is 240 Å². The molecule has 0 aliphatic rings. The van der Waals surface area contributed by atoms with E-state index in [-0.39, 0.29) is 43.6 Å². The first-order valence-electron chi connectivity index (χ1n) is 13.4. The number of carbonyl (C=O) groups excluding carboxylic acids is 2. The van der Waals surface area contributed by atoms with Crippen molar-refractivity contribution in [1.29, 1.82) is 0 Å². The second kappa shape index (κ2) is 17.2. The van der Waals surface area contributed by atoms with E-state index in [1.165, 1.54) is 30.2 Å². The number of nitrogens with zero attached hydrogens (tertiary/aromatic N) is 2. The number of esters is 1. The van der Waals surface area contributed by atoms with Gasteiger partial charge in [-0.05, 0) is 52.3 Å². The molecule has 0 radical (unpaired) electrons. The van der Waals surface area contributed by atoms with Crippen LogP contribution in [0, 0.1) is 10.1 Å². The molecular weight excluding hydrogens is 536 g/mol. The van der Waals surface area contributed by atoms with Gasteiger partial charge in [-0.2, -0.15) is 0 Å². The van der Waals surface area contributed by atoms with Crippen molar-refractivity contribution in [3.63, 3.8) is 0 Å². The second-order valence-corrected chi connectivity index (χ2v) is 9.48.